The Morgan fingerprint density at radius 1 is 1.04 bits per heavy atom. The predicted molar refractivity (Wildman–Crippen MR) is 97.0 cm³/mol. The van der Waals surface area contributed by atoms with E-state index in [0.29, 0.717) is 23.4 Å². The molecular formula is C20H16F3N3O. The number of hydrogen-bond acceptors (Lipinski definition) is 3. The first-order valence-electron chi connectivity index (χ1n) is 8.09. The van der Waals surface area contributed by atoms with Crippen LogP contribution in [-0.4, -0.2) is 10.9 Å². The van der Waals surface area contributed by atoms with E-state index < -0.39 is 17.6 Å². The molecule has 1 aromatic heterocycles. The lowest BCUT2D eigenvalue weighted by atomic mass is 9.97. The van der Waals surface area contributed by atoms with E-state index in [0.717, 1.165) is 17.7 Å². The minimum Gasteiger partial charge on any atom is -0.380 e. The van der Waals surface area contributed by atoms with Gasteiger partial charge in [-0.15, -0.1) is 0 Å². The van der Waals surface area contributed by atoms with E-state index in [1.807, 2.05) is 0 Å². The van der Waals surface area contributed by atoms with Crippen LogP contribution in [0.15, 0.2) is 67.0 Å². The number of aromatic nitrogens is 1. The molecule has 7 heteroatoms. The predicted octanol–water partition coefficient (Wildman–Crippen LogP) is 4.48. The van der Waals surface area contributed by atoms with Crippen molar-refractivity contribution in [2.24, 2.45) is 5.73 Å². The number of primary amides is 1. The molecule has 1 amide bonds. The Balaban J connectivity index is 2.05. The molecular weight excluding hydrogens is 355 g/mol. The number of benzene rings is 2. The molecule has 0 unspecified atom stereocenters. The molecule has 4 nitrogen and oxygen atoms in total. The molecule has 0 spiro atoms. The second-order valence-corrected chi connectivity index (χ2v) is 5.88. The molecule has 27 heavy (non-hydrogen) atoms. The molecule has 3 aromatic rings. The largest absolute Gasteiger partial charge is 0.416 e. The number of halogens is 3. The van der Waals surface area contributed by atoms with Crippen LogP contribution in [0.4, 0.5) is 18.9 Å². The van der Waals surface area contributed by atoms with Crippen molar-refractivity contribution < 1.29 is 18.0 Å². The lowest BCUT2D eigenvalue weighted by Gasteiger charge is -2.17. The standard InChI is InChI=1S/C20H16F3N3O/c21-20(22,23)15-4-1-3-14(11-15)16-5-2-6-17(19(24)27)18(16)26-12-13-7-9-25-10-8-13/h1-11,26H,12H2,(H2,24,27). The van der Waals surface area contributed by atoms with Crippen LogP contribution in [-0.2, 0) is 12.7 Å². The summed E-state index contributed by atoms with van der Waals surface area (Å²) in [5.41, 5.74) is 7.00. The molecule has 138 valence electrons. The van der Waals surface area contributed by atoms with Gasteiger partial charge in [-0.1, -0.05) is 24.3 Å². The second-order valence-electron chi connectivity index (χ2n) is 5.88. The highest BCUT2D eigenvalue weighted by atomic mass is 19.4. The molecule has 0 saturated heterocycles. The van der Waals surface area contributed by atoms with Crippen LogP contribution in [0.5, 0.6) is 0 Å². The van der Waals surface area contributed by atoms with Gasteiger partial charge in [0.05, 0.1) is 16.8 Å². The van der Waals surface area contributed by atoms with Crippen LogP contribution >= 0.6 is 0 Å². The molecule has 0 aliphatic rings. The van der Waals surface area contributed by atoms with Crippen molar-refractivity contribution in [2.75, 3.05) is 5.32 Å². The first kappa shape index (κ1) is 18.4. The number of para-hydroxylation sites is 1. The summed E-state index contributed by atoms with van der Waals surface area (Å²) in [5.74, 6) is -0.666. The van der Waals surface area contributed by atoms with Crippen LogP contribution in [0.2, 0.25) is 0 Å². The maximum atomic E-state index is 13.1. The number of nitrogens with two attached hydrogens (primary N) is 1. The zero-order chi connectivity index (χ0) is 19.4. The van der Waals surface area contributed by atoms with E-state index in [1.165, 1.54) is 12.1 Å². The number of pyridine rings is 1. The summed E-state index contributed by atoms with van der Waals surface area (Å²) in [5, 5.41) is 3.13. The van der Waals surface area contributed by atoms with E-state index in [4.69, 9.17) is 5.73 Å². The summed E-state index contributed by atoms with van der Waals surface area (Å²) in [6.45, 7) is 0.360. The monoisotopic (exact) mass is 371 g/mol. The first-order chi connectivity index (χ1) is 12.9. The fourth-order valence-corrected chi connectivity index (χ4v) is 2.74. The number of nitrogens with one attached hydrogen (secondary N) is 1. The molecule has 0 atom stereocenters. The summed E-state index contributed by atoms with van der Waals surface area (Å²) in [4.78, 5) is 15.8. The third-order valence-electron chi connectivity index (χ3n) is 4.05. The summed E-state index contributed by atoms with van der Waals surface area (Å²) in [7, 11) is 0. The van der Waals surface area contributed by atoms with E-state index in [1.54, 1.807) is 42.7 Å². The average molecular weight is 371 g/mol. The minimum atomic E-state index is -4.46. The SMILES string of the molecule is NC(=O)c1cccc(-c2cccc(C(F)(F)F)c2)c1NCc1ccncc1. The normalized spacial score (nSPS) is 11.2. The lowest BCUT2D eigenvalue weighted by Crippen LogP contribution is -2.15. The van der Waals surface area contributed by atoms with E-state index in [2.05, 4.69) is 10.3 Å². The number of nitrogens with zero attached hydrogens (tertiary/aromatic N) is 1. The zero-order valence-corrected chi connectivity index (χ0v) is 14.1. The Kier molecular flexibility index (Phi) is 5.12. The summed E-state index contributed by atoms with van der Waals surface area (Å²) in [6.07, 6.45) is -1.20. The molecule has 3 N–H and O–H groups in total. The number of hydrogen-bond donors (Lipinski definition) is 2. The van der Waals surface area contributed by atoms with Crippen molar-refractivity contribution in [3.8, 4) is 11.1 Å². The molecule has 3 rings (SSSR count). The number of carbonyl (C=O) groups excluding carboxylic acids is 1. The Morgan fingerprint density at radius 2 is 1.74 bits per heavy atom. The minimum absolute atomic E-state index is 0.207. The van der Waals surface area contributed by atoms with E-state index in [9.17, 15) is 18.0 Å². The van der Waals surface area contributed by atoms with Gasteiger partial charge in [-0.2, -0.15) is 13.2 Å². The highest BCUT2D eigenvalue weighted by Crippen LogP contribution is 2.36. The quantitative estimate of drug-likeness (QED) is 0.695. The summed E-state index contributed by atoms with van der Waals surface area (Å²) >= 11 is 0. The molecule has 0 aliphatic carbocycles. The third kappa shape index (κ3) is 4.25. The Labute approximate surface area is 153 Å². The average Bonchev–Trinajstić information content (AvgIpc) is 2.66. The van der Waals surface area contributed by atoms with Crippen molar-refractivity contribution in [3.05, 3.63) is 83.7 Å². The molecule has 2 aromatic carbocycles. The maximum absolute atomic E-state index is 13.1. The van der Waals surface area contributed by atoms with Crippen molar-refractivity contribution in [1.29, 1.82) is 0 Å². The summed E-state index contributed by atoms with van der Waals surface area (Å²) in [6, 6.07) is 13.3. The van der Waals surface area contributed by atoms with E-state index >= 15 is 0 Å². The highest BCUT2D eigenvalue weighted by Gasteiger charge is 2.30. The topological polar surface area (TPSA) is 68.0 Å². The van der Waals surface area contributed by atoms with Gasteiger partial charge in [0.15, 0.2) is 0 Å². The summed E-state index contributed by atoms with van der Waals surface area (Å²) < 4.78 is 39.2. The van der Waals surface area contributed by atoms with Crippen LogP contribution in [0.25, 0.3) is 11.1 Å². The Bertz CT molecular complexity index is 956. The van der Waals surface area contributed by atoms with Gasteiger partial charge in [-0.25, -0.2) is 0 Å². The van der Waals surface area contributed by atoms with Crippen LogP contribution in [0.3, 0.4) is 0 Å². The Hall–Kier alpha value is -3.35. The molecule has 0 radical (unpaired) electrons. The maximum Gasteiger partial charge on any atom is 0.416 e. The van der Waals surface area contributed by atoms with Gasteiger partial charge in [0.1, 0.15) is 0 Å². The van der Waals surface area contributed by atoms with Gasteiger partial charge >= 0.3 is 6.18 Å². The fraction of sp³-hybridized carbons (Fsp3) is 0.100. The zero-order valence-electron chi connectivity index (χ0n) is 14.1. The first-order valence-corrected chi connectivity index (χ1v) is 8.09. The van der Waals surface area contributed by atoms with Crippen molar-refractivity contribution >= 4 is 11.6 Å². The van der Waals surface area contributed by atoms with Gasteiger partial charge in [0.25, 0.3) is 5.91 Å². The lowest BCUT2D eigenvalue weighted by molar-refractivity contribution is -0.137. The second kappa shape index (κ2) is 7.49. The number of anilines is 1. The van der Waals surface area contributed by atoms with Gasteiger partial charge in [0, 0.05) is 24.5 Å². The van der Waals surface area contributed by atoms with Gasteiger partial charge in [-0.05, 0) is 41.5 Å². The molecule has 0 saturated carbocycles. The highest BCUT2D eigenvalue weighted by molar-refractivity contribution is 6.02. The smallest absolute Gasteiger partial charge is 0.380 e. The molecule has 0 aliphatic heterocycles. The third-order valence-corrected chi connectivity index (χ3v) is 4.05. The van der Waals surface area contributed by atoms with Crippen LogP contribution in [0.1, 0.15) is 21.5 Å². The number of carbonyl (C=O) groups is 1. The van der Waals surface area contributed by atoms with Gasteiger partial charge < -0.3 is 11.1 Å². The van der Waals surface area contributed by atoms with E-state index in [-0.39, 0.29) is 5.56 Å². The molecule has 0 bridgehead atoms. The van der Waals surface area contributed by atoms with Gasteiger partial charge in [-0.3, -0.25) is 9.78 Å². The van der Waals surface area contributed by atoms with Crippen molar-refractivity contribution in [3.63, 3.8) is 0 Å². The Morgan fingerprint density at radius 3 is 2.41 bits per heavy atom. The molecule has 1 heterocycles. The van der Waals surface area contributed by atoms with Crippen LogP contribution < -0.4 is 11.1 Å². The number of amides is 1. The number of alkyl halides is 3. The van der Waals surface area contributed by atoms with Gasteiger partial charge in [0.2, 0.25) is 0 Å². The molecule has 0 fully saturated rings. The number of rotatable bonds is 5. The van der Waals surface area contributed by atoms with Crippen molar-refractivity contribution in [2.45, 2.75) is 12.7 Å². The fourth-order valence-electron chi connectivity index (χ4n) is 2.74. The van der Waals surface area contributed by atoms with Crippen molar-refractivity contribution in [1.82, 2.24) is 4.98 Å². The van der Waals surface area contributed by atoms with Crippen LogP contribution in [0, 0.1) is 0 Å².